The lowest BCUT2D eigenvalue weighted by Gasteiger charge is -2.11. The van der Waals surface area contributed by atoms with Gasteiger partial charge in [-0.15, -0.1) is 11.3 Å². The number of thiophene rings is 1. The summed E-state index contributed by atoms with van der Waals surface area (Å²) in [5.41, 5.74) is 3.30. The zero-order valence-electron chi connectivity index (χ0n) is 17.7. The Morgan fingerprint density at radius 2 is 1.87 bits per heavy atom. The molecule has 0 aliphatic rings. The summed E-state index contributed by atoms with van der Waals surface area (Å²) in [5, 5.41) is 8.98. The molecular weight excluding hydrogens is 434 g/mol. The minimum absolute atomic E-state index is 0.233. The number of carbonyl (C=O) groups excluding carboxylic acids is 1. The van der Waals surface area contributed by atoms with Crippen LogP contribution in [0.15, 0.2) is 42.5 Å². The number of aromatic nitrogens is 2. The van der Waals surface area contributed by atoms with Crippen molar-refractivity contribution in [3.8, 4) is 11.5 Å². The number of hydrogen-bond donors (Lipinski definition) is 1. The molecule has 2 heterocycles. The number of hydrogen-bond acceptors (Lipinski definition) is 5. The average Bonchev–Trinajstić information content (AvgIpc) is 3.25. The molecule has 0 atom stereocenters. The summed E-state index contributed by atoms with van der Waals surface area (Å²) in [6.45, 7) is 4.34. The van der Waals surface area contributed by atoms with Crippen molar-refractivity contribution in [1.29, 1.82) is 0 Å². The fourth-order valence-electron chi connectivity index (χ4n) is 3.51. The third-order valence-corrected chi connectivity index (χ3v) is 6.82. The number of benzene rings is 2. The Hall–Kier alpha value is -3.03. The van der Waals surface area contributed by atoms with E-state index in [1.165, 1.54) is 11.3 Å². The largest absolute Gasteiger partial charge is 0.493 e. The Kier molecular flexibility index (Phi) is 5.89. The highest BCUT2D eigenvalue weighted by molar-refractivity contribution is 7.21. The maximum absolute atomic E-state index is 13.0. The van der Waals surface area contributed by atoms with E-state index in [1.807, 2.05) is 61.0 Å². The monoisotopic (exact) mass is 455 g/mol. The Labute approximate surface area is 189 Å². The third-order valence-electron chi connectivity index (χ3n) is 5.14. The SMILES string of the molecule is COc1ccc(Cn2nc(C)c(NC(=O)c3sc4ccccc4c3Cl)c2C)cc1OC. The van der Waals surface area contributed by atoms with Gasteiger partial charge in [0.05, 0.1) is 42.9 Å². The Bertz CT molecular complexity index is 1280. The molecule has 0 spiro atoms. The van der Waals surface area contributed by atoms with Gasteiger partial charge in [0.15, 0.2) is 11.5 Å². The van der Waals surface area contributed by atoms with Gasteiger partial charge in [0.1, 0.15) is 4.88 Å². The third kappa shape index (κ3) is 3.98. The number of ether oxygens (including phenoxy) is 2. The second-order valence-corrected chi connectivity index (χ2v) is 8.52. The molecule has 1 N–H and O–H groups in total. The summed E-state index contributed by atoms with van der Waals surface area (Å²) >= 11 is 7.85. The molecule has 31 heavy (non-hydrogen) atoms. The van der Waals surface area contributed by atoms with Crippen molar-refractivity contribution in [3.05, 3.63) is 69.3 Å². The number of aryl methyl sites for hydroxylation is 1. The highest BCUT2D eigenvalue weighted by Gasteiger charge is 2.20. The minimum Gasteiger partial charge on any atom is -0.493 e. The van der Waals surface area contributed by atoms with Gasteiger partial charge in [0.25, 0.3) is 5.91 Å². The summed E-state index contributed by atoms with van der Waals surface area (Å²) in [4.78, 5) is 13.5. The summed E-state index contributed by atoms with van der Waals surface area (Å²) < 4.78 is 13.5. The number of rotatable bonds is 6. The van der Waals surface area contributed by atoms with Crippen molar-refractivity contribution < 1.29 is 14.3 Å². The number of carbonyl (C=O) groups is 1. The second-order valence-electron chi connectivity index (χ2n) is 7.09. The van der Waals surface area contributed by atoms with Gasteiger partial charge < -0.3 is 14.8 Å². The van der Waals surface area contributed by atoms with E-state index in [0.29, 0.717) is 33.6 Å². The molecule has 0 bridgehead atoms. The molecule has 0 unspecified atom stereocenters. The second kappa shape index (κ2) is 8.61. The van der Waals surface area contributed by atoms with Crippen LogP contribution in [0, 0.1) is 13.8 Å². The molecule has 2 aromatic carbocycles. The number of amides is 1. The van der Waals surface area contributed by atoms with Crippen LogP contribution in [0.5, 0.6) is 11.5 Å². The van der Waals surface area contributed by atoms with Crippen molar-refractivity contribution in [2.45, 2.75) is 20.4 Å². The van der Waals surface area contributed by atoms with Crippen LogP contribution in [0.4, 0.5) is 5.69 Å². The molecule has 0 saturated carbocycles. The first-order chi connectivity index (χ1) is 14.9. The maximum atomic E-state index is 13.0. The lowest BCUT2D eigenvalue weighted by atomic mass is 10.2. The molecule has 0 radical (unpaired) electrons. The van der Waals surface area contributed by atoms with Crippen LogP contribution in [-0.2, 0) is 6.54 Å². The number of anilines is 1. The van der Waals surface area contributed by atoms with Gasteiger partial charge in [-0.3, -0.25) is 9.48 Å². The quantitative estimate of drug-likeness (QED) is 0.406. The lowest BCUT2D eigenvalue weighted by molar-refractivity contribution is 0.103. The van der Waals surface area contributed by atoms with E-state index in [1.54, 1.807) is 14.2 Å². The van der Waals surface area contributed by atoms with E-state index < -0.39 is 0 Å². The molecule has 0 saturated heterocycles. The molecule has 8 heteroatoms. The van der Waals surface area contributed by atoms with E-state index >= 15 is 0 Å². The average molecular weight is 456 g/mol. The van der Waals surface area contributed by atoms with Crippen molar-refractivity contribution in [3.63, 3.8) is 0 Å². The molecule has 0 aliphatic carbocycles. The van der Waals surface area contributed by atoms with Crippen LogP contribution in [-0.4, -0.2) is 29.9 Å². The Morgan fingerprint density at radius 1 is 1.13 bits per heavy atom. The van der Waals surface area contributed by atoms with Gasteiger partial charge in [-0.1, -0.05) is 35.9 Å². The van der Waals surface area contributed by atoms with Crippen LogP contribution < -0.4 is 14.8 Å². The van der Waals surface area contributed by atoms with Gasteiger partial charge in [-0.2, -0.15) is 5.10 Å². The summed E-state index contributed by atoms with van der Waals surface area (Å²) in [5.74, 6) is 1.10. The topological polar surface area (TPSA) is 65.4 Å². The van der Waals surface area contributed by atoms with Crippen LogP contribution in [0.2, 0.25) is 5.02 Å². The van der Waals surface area contributed by atoms with Crippen molar-refractivity contribution in [1.82, 2.24) is 9.78 Å². The highest BCUT2D eigenvalue weighted by atomic mass is 35.5. The van der Waals surface area contributed by atoms with Crippen molar-refractivity contribution >= 4 is 44.6 Å². The van der Waals surface area contributed by atoms with E-state index in [-0.39, 0.29) is 5.91 Å². The summed E-state index contributed by atoms with van der Waals surface area (Å²) in [6, 6.07) is 13.5. The maximum Gasteiger partial charge on any atom is 0.267 e. The smallest absolute Gasteiger partial charge is 0.267 e. The molecule has 1 amide bonds. The lowest BCUT2D eigenvalue weighted by Crippen LogP contribution is -2.12. The Morgan fingerprint density at radius 3 is 2.58 bits per heavy atom. The summed E-state index contributed by atoms with van der Waals surface area (Å²) in [7, 11) is 3.22. The number of nitrogens with zero attached hydrogens (tertiary/aromatic N) is 2. The molecule has 2 aromatic heterocycles. The molecule has 160 valence electrons. The van der Waals surface area contributed by atoms with E-state index in [0.717, 1.165) is 27.0 Å². The van der Waals surface area contributed by atoms with Crippen molar-refractivity contribution in [2.24, 2.45) is 0 Å². The predicted molar refractivity (Wildman–Crippen MR) is 125 cm³/mol. The molecule has 4 aromatic rings. The molecule has 4 rings (SSSR count). The number of halogens is 1. The molecule has 0 aliphatic heterocycles. The molecule has 6 nitrogen and oxygen atoms in total. The fourth-order valence-corrected chi connectivity index (χ4v) is 4.93. The van der Waals surface area contributed by atoms with Gasteiger partial charge in [-0.05, 0) is 37.6 Å². The number of methoxy groups -OCH3 is 2. The first kappa shape index (κ1) is 21.2. The number of nitrogens with one attached hydrogen (secondary N) is 1. The first-order valence-corrected chi connectivity index (χ1v) is 10.9. The van der Waals surface area contributed by atoms with Gasteiger partial charge in [-0.25, -0.2) is 0 Å². The Balaban J connectivity index is 1.59. The van der Waals surface area contributed by atoms with E-state index in [2.05, 4.69) is 10.4 Å². The van der Waals surface area contributed by atoms with Crippen LogP contribution >= 0.6 is 22.9 Å². The van der Waals surface area contributed by atoms with Crippen LogP contribution in [0.3, 0.4) is 0 Å². The van der Waals surface area contributed by atoms with Crippen molar-refractivity contribution in [2.75, 3.05) is 19.5 Å². The summed E-state index contributed by atoms with van der Waals surface area (Å²) in [6.07, 6.45) is 0. The van der Waals surface area contributed by atoms with E-state index in [4.69, 9.17) is 21.1 Å². The number of fused-ring (bicyclic) bond motifs is 1. The fraction of sp³-hybridized carbons (Fsp3) is 0.217. The predicted octanol–water partition coefficient (Wildman–Crippen LogP) is 5.69. The zero-order chi connectivity index (χ0) is 22.1. The highest BCUT2D eigenvalue weighted by Crippen LogP contribution is 2.36. The normalized spacial score (nSPS) is 11.0. The van der Waals surface area contributed by atoms with Gasteiger partial charge in [0.2, 0.25) is 0 Å². The molecular formula is C23H22ClN3O3S. The van der Waals surface area contributed by atoms with E-state index in [9.17, 15) is 4.79 Å². The minimum atomic E-state index is -0.233. The van der Waals surface area contributed by atoms with Crippen LogP contribution in [0.25, 0.3) is 10.1 Å². The molecule has 0 fully saturated rings. The van der Waals surface area contributed by atoms with Gasteiger partial charge in [0, 0.05) is 10.1 Å². The van der Waals surface area contributed by atoms with Gasteiger partial charge >= 0.3 is 0 Å². The zero-order valence-corrected chi connectivity index (χ0v) is 19.2. The first-order valence-electron chi connectivity index (χ1n) is 9.66. The van der Waals surface area contributed by atoms with Crippen LogP contribution in [0.1, 0.15) is 26.6 Å². The standard InChI is InChI=1S/C23H22ClN3O3S/c1-13-21(25-23(28)22-20(24)16-7-5-6-8-19(16)31-22)14(2)27(26-13)12-15-9-10-17(29-3)18(11-15)30-4/h5-11H,12H2,1-4H3,(H,25,28).